The summed E-state index contributed by atoms with van der Waals surface area (Å²) in [6.07, 6.45) is 1.87. The lowest BCUT2D eigenvalue weighted by Gasteiger charge is -2.27. The monoisotopic (exact) mass is 337 g/mol. The summed E-state index contributed by atoms with van der Waals surface area (Å²) >= 11 is 0. The second-order valence-corrected chi connectivity index (χ2v) is 7.39. The van der Waals surface area contributed by atoms with Crippen LogP contribution in [-0.2, 0) is 22.9 Å². The van der Waals surface area contributed by atoms with E-state index in [1.54, 1.807) is 0 Å². The van der Waals surface area contributed by atoms with Crippen LogP contribution in [0.25, 0.3) is 0 Å². The number of hydrogen-bond acceptors (Lipinski definition) is 5. The van der Waals surface area contributed by atoms with Crippen molar-refractivity contribution in [2.75, 3.05) is 26.4 Å². The normalized spacial score (nSPS) is 11.3. The first kappa shape index (κ1) is 21.0. The van der Waals surface area contributed by atoms with Crippen molar-refractivity contribution in [3.05, 3.63) is 0 Å². The molecule has 0 aliphatic rings. The third kappa shape index (κ3) is 9.86. The number of carbonyl (C=O) groups excluding carboxylic acids is 2. The SMILES string of the molecule is CCO[Si](CCCNC(=O)CCCCF)(OCC)OC(C)=O. The molecule has 0 bridgehead atoms. The van der Waals surface area contributed by atoms with Crippen LogP contribution in [0.2, 0.25) is 6.04 Å². The molecule has 6 nitrogen and oxygen atoms in total. The molecule has 1 N–H and O–H groups in total. The fourth-order valence-electron chi connectivity index (χ4n) is 1.96. The summed E-state index contributed by atoms with van der Waals surface area (Å²) in [5, 5.41) is 2.76. The average molecular weight is 337 g/mol. The van der Waals surface area contributed by atoms with E-state index in [9.17, 15) is 14.0 Å². The van der Waals surface area contributed by atoms with Crippen LogP contribution in [0.15, 0.2) is 0 Å². The Bertz CT molecular complexity index is 324. The Labute approximate surface area is 133 Å². The van der Waals surface area contributed by atoms with Gasteiger partial charge >= 0.3 is 8.80 Å². The molecule has 0 saturated carbocycles. The zero-order valence-corrected chi connectivity index (χ0v) is 14.8. The van der Waals surface area contributed by atoms with Gasteiger partial charge in [-0.25, -0.2) is 0 Å². The minimum atomic E-state index is -3.01. The number of alkyl halides is 1. The van der Waals surface area contributed by atoms with Crippen molar-refractivity contribution in [2.45, 2.75) is 52.5 Å². The molecule has 0 aromatic rings. The molecule has 0 aliphatic heterocycles. The Balaban J connectivity index is 4.21. The topological polar surface area (TPSA) is 73.9 Å². The number of hydrogen-bond donors (Lipinski definition) is 1. The van der Waals surface area contributed by atoms with Crippen molar-refractivity contribution >= 4 is 20.7 Å². The Morgan fingerprint density at radius 3 is 2.23 bits per heavy atom. The van der Waals surface area contributed by atoms with Gasteiger partial charge in [-0.1, -0.05) is 0 Å². The molecule has 0 spiro atoms. The van der Waals surface area contributed by atoms with Crippen molar-refractivity contribution in [2.24, 2.45) is 0 Å². The van der Waals surface area contributed by atoms with Crippen LogP contribution in [0, 0.1) is 0 Å². The third-order valence-corrected chi connectivity index (χ3v) is 5.82. The molecule has 0 atom stereocenters. The number of halogens is 1. The van der Waals surface area contributed by atoms with E-state index in [0.29, 0.717) is 51.5 Å². The van der Waals surface area contributed by atoms with Crippen molar-refractivity contribution in [3.63, 3.8) is 0 Å². The van der Waals surface area contributed by atoms with Gasteiger partial charge in [-0.15, -0.1) is 0 Å². The zero-order chi connectivity index (χ0) is 16.8. The molecule has 130 valence electrons. The van der Waals surface area contributed by atoms with Crippen LogP contribution < -0.4 is 5.32 Å². The molecule has 0 rings (SSSR count). The van der Waals surface area contributed by atoms with E-state index in [1.165, 1.54) is 6.92 Å². The number of unbranched alkanes of at least 4 members (excludes halogenated alkanes) is 1. The van der Waals surface area contributed by atoms with Crippen LogP contribution >= 0.6 is 0 Å². The maximum atomic E-state index is 11.9. The lowest BCUT2D eigenvalue weighted by Crippen LogP contribution is -2.47. The molecule has 0 aliphatic carbocycles. The van der Waals surface area contributed by atoms with Crippen molar-refractivity contribution < 1.29 is 27.3 Å². The van der Waals surface area contributed by atoms with Crippen LogP contribution in [0.5, 0.6) is 0 Å². The molecule has 0 heterocycles. The standard InChI is InChI=1S/C14H28FNO5Si/c1-4-19-22(20-5-2,21-13(3)17)12-8-11-16-14(18)9-6-7-10-15/h4-12H2,1-3H3,(H,16,18). The largest absolute Gasteiger partial charge is 0.568 e. The number of nitrogens with one attached hydrogen (secondary N) is 1. The summed E-state index contributed by atoms with van der Waals surface area (Å²) in [6, 6.07) is 0.457. The second kappa shape index (κ2) is 12.5. The molecule has 0 aromatic heterocycles. The van der Waals surface area contributed by atoms with Gasteiger partial charge < -0.3 is 18.6 Å². The highest BCUT2D eigenvalue weighted by atomic mass is 28.4. The van der Waals surface area contributed by atoms with Gasteiger partial charge in [0.15, 0.2) is 0 Å². The average Bonchev–Trinajstić information content (AvgIpc) is 2.44. The van der Waals surface area contributed by atoms with Crippen LogP contribution in [-0.4, -0.2) is 47.1 Å². The van der Waals surface area contributed by atoms with E-state index in [-0.39, 0.29) is 5.91 Å². The van der Waals surface area contributed by atoms with Crippen molar-refractivity contribution in [1.29, 1.82) is 0 Å². The lowest BCUT2D eigenvalue weighted by atomic mass is 10.2. The molecule has 8 heteroatoms. The Kier molecular flexibility index (Phi) is 12.0. The Morgan fingerprint density at radius 1 is 1.09 bits per heavy atom. The van der Waals surface area contributed by atoms with Crippen molar-refractivity contribution in [3.8, 4) is 0 Å². The molecule has 22 heavy (non-hydrogen) atoms. The van der Waals surface area contributed by atoms with Crippen LogP contribution in [0.3, 0.4) is 0 Å². The maximum absolute atomic E-state index is 11.9. The third-order valence-electron chi connectivity index (χ3n) is 2.80. The summed E-state index contributed by atoms with van der Waals surface area (Å²) in [5.41, 5.74) is 0. The fraction of sp³-hybridized carbons (Fsp3) is 0.857. The first-order valence-corrected chi connectivity index (χ1v) is 9.73. The summed E-state index contributed by atoms with van der Waals surface area (Å²) in [5.74, 6) is -0.523. The van der Waals surface area contributed by atoms with Gasteiger partial charge in [-0.2, -0.15) is 0 Å². The second-order valence-electron chi connectivity index (χ2n) is 4.74. The number of rotatable bonds is 13. The van der Waals surface area contributed by atoms with Gasteiger partial charge in [-0.3, -0.25) is 14.0 Å². The Morgan fingerprint density at radius 2 is 1.73 bits per heavy atom. The lowest BCUT2D eigenvalue weighted by molar-refractivity contribution is -0.137. The van der Waals surface area contributed by atoms with E-state index in [4.69, 9.17) is 13.3 Å². The quantitative estimate of drug-likeness (QED) is 0.412. The van der Waals surface area contributed by atoms with Crippen LogP contribution in [0.4, 0.5) is 4.39 Å². The molecule has 1 amide bonds. The minimum absolute atomic E-state index is 0.0963. The molecule has 0 radical (unpaired) electrons. The smallest absolute Gasteiger partial charge is 0.473 e. The molecule has 0 fully saturated rings. The first-order chi connectivity index (χ1) is 10.5. The van der Waals surface area contributed by atoms with Gasteiger partial charge in [-0.05, 0) is 33.1 Å². The van der Waals surface area contributed by atoms with Gasteiger partial charge in [0, 0.05) is 39.1 Å². The van der Waals surface area contributed by atoms with E-state index in [2.05, 4.69) is 5.32 Å². The van der Waals surface area contributed by atoms with Gasteiger partial charge in [0.2, 0.25) is 5.91 Å². The van der Waals surface area contributed by atoms with E-state index in [0.717, 1.165) is 0 Å². The highest BCUT2D eigenvalue weighted by Gasteiger charge is 2.43. The highest BCUT2D eigenvalue weighted by molar-refractivity contribution is 6.62. The maximum Gasteiger partial charge on any atom is 0.568 e. The summed E-state index contributed by atoms with van der Waals surface area (Å²) in [6.45, 7) is 5.81. The molecular formula is C14H28FNO5Si. The predicted octanol–water partition coefficient (Wildman–Crippen LogP) is 2.21. The molecular weight excluding hydrogens is 309 g/mol. The fourth-order valence-corrected chi connectivity index (χ4v) is 4.48. The zero-order valence-electron chi connectivity index (χ0n) is 13.8. The highest BCUT2D eigenvalue weighted by Crippen LogP contribution is 2.18. The van der Waals surface area contributed by atoms with Crippen molar-refractivity contribution in [1.82, 2.24) is 5.32 Å². The van der Waals surface area contributed by atoms with Gasteiger partial charge in [0.05, 0.1) is 6.67 Å². The van der Waals surface area contributed by atoms with E-state index >= 15 is 0 Å². The van der Waals surface area contributed by atoms with Gasteiger partial charge in [0.25, 0.3) is 5.97 Å². The van der Waals surface area contributed by atoms with E-state index < -0.39 is 21.4 Å². The number of carbonyl (C=O) groups is 2. The molecule has 0 aromatic carbocycles. The predicted molar refractivity (Wildman–Crippen MR) is 83.0 cm³/mol. The van der Waals surface area contributed by atoms with Crippen LogP contribution in [0.1, 0.15) is 46.5 Å². The minimum Gasteiger partial charge on any atom is -0.473 e. The molecule has 0 unspecified atom stereocenters. The summed E-state index contributed by atoms with van der Waals surface area (Å²) in [7, 11) is -3.01. The van der Waals surface area contributed by atoms with E-state index in [1.807, 2.05) is 13.8 Å². The first-order valence-electron chi connectivity index (χ1n) is 7.79. The molecule has 0 saturated heterocycles. The Hall–Kier alpha value is -0.993. The van der Waals surface area contributed by atoms with Gasteiger partial charge in [0.1, 0.15) is 0 Å². The number of amides is 1. The summed E-state index contributed by atoms with van der Waals surface area (Å²) < 4.78 is 28.4. The summed E-state index contributed by atoms with van der Waals surface area (Å²) in [4.78, 5) is 22.8.